The number of carbonyl (C=O) groups excluding carboxylic acids is 2. The van der Waals surface area contributed by atoms with Gasteiger partial charge in [-0.15, -0.1) is 11.6 Å². The van der Waals surface area contributed by atoms with E-state index >= 15 is 0 Å². The van der Waals surface area contributed by atoms with Gasteiger partial charge in [-0.1, -0.05) is 26.7 Å². The number of hydrogen-bond acceptors (Lipinski definition) is 2. The molecule has 3 amide bonds. The zero-order valence-corrected chi connectivity index (χ0v) is 10.5. The number of imide groups is 1. The highest BCUT2D eigenvalue weighted by Gasteiger charge is 2.28. The van der Waals surface area contributed by atoms with Crippen LogP contribution in [0.4, 0.5) is 4.79 Å². The Kier molecular flexibility index (Phi) is 5.06. The van der Waals surface area contributed by atoms with Crippen molar-refractivity contribution in [1.29, 1.82) is 0 Å². The van der Waals surface area contributed by atoms with Crippen molar-refractivity contribution in [2.24, 2.45) is 11.8 Å². The lowest BCUT2D eigenvalue weighted by atomic mass is 9.78. The third-order valence-electron chi connectivity index (χ3n) is 3.40. The van der Waals surface area contributed by atoms with E-state index in [-0.39, 0.29) is 11.9 Å². The predicted molar refractivity (Wildman–Crippen MR) is 63.4 cm³/mol. The van der Waals surface area contributed by atoms with Crippen LogP contribution in [0.25, 0.3) is 0 Å². The maximum Gasteiger partial charge on any atom is 0.321 e. The van der Waals surface area contributed by atoms with Crippen molar-refractivity contribution >= 4 is 23.5 Å². The van der Waals surface area contributed by atoms with E-state index in [2.05, 4.69) is 24.5 Å². The molecule has 1 aliphatic rings. The highest BCUT2D eigenvalue weighted by molar-refractivity contribution is 6.28. The molecule has 0 spiro atoms. The summed E-state index contributed by atoms with van der Waals surface area (Å²) in [7, 11) is 0. The van der Waals surface area contributed by atoms with Gasteiger partial charge in [-0.2, -0.15) is 0 Å². The average molecular weight is 247 g/mol. The maximum atomic E-state index is 11.4. The summed E-state index contributed by atoms with van der Waals surface area (Å²) in [6, 6.07) is -0.275. The first-order valence-electron chi connectivity index (χ1n) is 5.71. The Morgan fingerprint density at radius 2 is 2.00 bits per heavy atom. The molecule has 1 saturated carbocycles. The first-order chi connectivity index (χ1) is 7.54. The van der Waals surface area contributed by atoms with Crippen molar-refractivity contribution < 1.29 is 9.59 Å². The molecule has 92 valence electrons. The van der Waals surface area contributed by atoms with Crippen LogP contribution in [0.3, 0.4) is 0 Å². The Bertz CT molecular complexity index is 271. The Labute approximate surface area is 101 Å². The zero-order chi connectivity index (χ0) is 12.1. The number of halogens is 1. The van der Waals surface area contributed by atoms with Crippen LogP contribution in [-0.4, -0.2) is 23.9 Å². The Morgan fingerprint density at radius 3 is 2.62 bits per heavy atom. The molecular weight excluding hydrogens is 228 g/mol. The van der Waals surface area contributed by atoms with Crippen molar-refractivity contribution in [2.75, 3.05) is 5.88 Å². The fourth-order valence-electron chi connectivity index (χ4n) is 2.15. The van der Waals surface area contributed by atoms with Gasteiger partial charge in [0.1, 0.15) is 5.88 Å². The summed E-state index contributed by atoms with van der Waals surface area (Å²) in [5.41, 5.74) is 0. The molecule has 0 bridgehead atoms. The molecule has 4 nitrogen and oxygen atoms in total. The molecule has 0 aromatic rings. The SMILES string of the molecule is C[C@H]1[C@H](C)CCC[C@H]1NC(=O)NC(=O)CCl. The summed E-state index contributed by atoms with van der Waals surface area (Å²) in [5, 5.41) is 5.03. The Morgan fingerprint density at radius 1 is 1.31 bits per heavy atom. The smallest absolute Gasteiger partial charge is 0.321 e. The quantitative estimate of drug-likeness (QED) is 0.731. The number of rotatable bonds is 2. The van der Waals surface area contributed by atoms with Crippen molar-refractivity contribution in [3.8, 4) is 0 Å². The fourth-order valence-corrected chi connectivity index (χ4v) is 2.22. The molecule has 2 N–H and O–H groups in total. The number of nitrogens with one attached hydrogen (secondary N) is 2. The molecule has 0 aromatic heterocycles. The van der Waals surface area contributed by atoms with Crippen LogP contribution in [0.2, 0.25) is 0 Å². The highest BCUT2D eigenvalue weighted by atomic mass is 35.5. The summed E-state index contributed by atoms with van der Waals surface area (Å²) in [5.74, 6) is 0.411. The monoisotopic (exact) mass is 246 g/mol. The highest BCUT2D eigenvalue weighted by Crippen LogP contribution is 2.29. The van der Waals surface area contributed by atoms with Gasteiger partial charge < -0.3 is 5.32 Å². The first kappa shape index (κ1) is 13.3. The number of urea groups is 1. The van der Waals surface area contributed by atoms with E-state index in [0.717, 1.165) is 12.8 Å². The molecule has 0 saturated heterocycles. The molecule has 1 rings (SSSR count). The number of alkyl halides is 1. The van der Waals surface area contributed by atoms with Crippen LogP contribution in [-0.2, 0) is 4.79 Å². The van der Waals surface area contributed by atoms with Crippen LogP contribution in [0, 0.1) is 11.8 Å². The minimum absolute atomic E-state index is 0.159. The second-order valence-electron chi connectivity index (χ2n) is 4.53. The van der Waals surface area contributed by atoms with Gasteiger partial charge in [-0.3, -0.25) is 10.1 Å². The Hall–Kier alpha value is -0.770. The molecule has 0 radical (unpaired) electrons. The summed E-state index contributed by atoms with van der Waals surface area (Å²) in [6.45, 7) is 4.33. The van der Waals surface area contributed by atoms with E-state index in [0.29, 0.717) is 11.8 Å². The second-order valence-corrected chi connectivity index (χ2v) is 4.80. The van der Waals surface area contributed by atoms with Crippen molar-refractivity contribution in [1.82, 2.24) is 10.6 Å². The summed E-state index contributed by atoms with van der Waals surface area (Å²) in [4.78, 5) is 22.3. The van der Waals surface area contributed by atoms with E-state index in [1.165, 1.54) is 6.42 Å². The van der Waals surface area contributed by atoms with Gasteiger partial charge in [-0.25, -0.2) is 4.79 Å². The summed E-state index contributed by atoms with van der Waals surface area (Å²) >= 11 is 5.30. The molecular formula is C11H19ClN2O2. The number of carbonyl (C=O) groups is 2. The molecule has 0 aromatic carbocycles. The lowest BCUT2D eigenvalue weighted by Gasteiger charge is -2.34. The van der Waals surface area contributed by atoms with Crippen LogP contribution in [0.5, 0.6) is 0 Å². The summed E-state index contributed by atoms with van der Waals surface area (Å²) < 4.78 is 0. The van der Waals surface area contributed by atoms with Crippen LogP contribution in [0.1, 0.15) is 33.1 Å². The average Bonchev–Trinajstić information content (AvgIpc) is 2.24. The van der Waals surface area contributed by atoms with Gasteiger partial charge >= 0.3 is 6.03 Å². The molecule has 0 heterocycles. The molecule has 5 heteroatoms. The number of amides is 3. The van der Waals surface area contributed by atoms with Crippen LogP contribution < -0.4 is 10.6 Å². The molecule has 0 unspecified atom stereocenters. The standard InChI is InChI=1S/C11H19ClN2O2/c1-7-4-3-5-9(8(7)2)13-11(16)14-10(15)6-12/h7-9H,3-6H2,1-2H3,(H2,13,14,15,16)/t7-,8+,9-/m1/s1. The van der Waals surface area contributed by atoms with Crippen LogP contribution >= 0.6 is 11.6 Å². The first-order valence-corrected chi connectivity index (χ1v) is 6.24. The molecule has 16 heavy (non-hydrogen) atoms. The minimum atomic E-state index is -0.462. The molecule has 0 aliphatic heterocycles. The lowest BCUT2D eigenvalue weighted by molar-refractivity contribution is -0.117. The van der Waals surface area contributed by atoms with E-state index in [1.54, 1.807) is 0 Å². The van der Waals surface area contributed by atoms with E-state index in [9.17, 15) is 9.59 Å². The zero-order valence-electron chi connectivity index (χ0n) is 9.75. The third-order valence-corrected chi connectivity index (χ3v) is 3.64. The third kappa shape index (κ3) is 3.67. The van der Waals surface area contributed by atoms with Gasteiger partial charge in [0.15, 0.2) is 0 Å². The minimum Gasteiger partial charge on any atom is -0.335 e. The van der Waals surface area contributed by atoms with Gasteiger partial charge in [0.25, 0.3) is 0 Å². The summed E-state index contributed by atoms with van der Waals surface area (Å²) in [6.07, 6.45) is 3.31. The Balaban J connectivity index is 2.40. The lowest BCUT2D eigenvalue weighted by Crippen LogP contribution is -2.49. The van der Waals surface area contributed by atoms with Crippen molar-refractivity contribution in [2.45, 2.75) is 39.2 Å². The van der Waals surface area contributed by atoms with Gasteiger partial charge in [0, 0.05) is 6.04 Å². The topological polar surface area (TPSA) is 58.2 Å². The largest absolute Gasteiger partial charge is 0.335 e. The van der Waals surface area contributed by atoms with Crippen molar-refractivity contribution in [3.05, 3.63) is 0 Å². The molecule has 3 atom stereocenters. The van der Waals surface area contributed by atoms with Crippen molar-refractivity contribution in [3.63, 3.8) is 0 Å². The van der Waals surface area contributed by atoms with Crippen LogP contribution in [0.15, 0.2) is 0 Å². The van der Waals surface area contributed by atoms with Gasteiger partial charge in [-0.05, 0) is 18.3 Å². The van der Waals surface area contributed by atoms with Gasteiger partial charge in [0.05, 0.1) is 0 Å². The van der Waals surface area contributed by atoms with E-state index in [4.69, 9.17) is 11.6 Å². The maximum absolute atomic E-state index is 11.4. The van der Waals surface area contributed by atoms with Gasteiger partial charge in [0.2, 0.25) is 5.91 Å². The second kappa shape index (κ2) is 6.09. The normalized spacial score (nSPS) is 29.6. The molecule has 1 fully saturated rings. The van der Waals surface area contributed by atoms with E-state index in [1.807, 2.05) is 0 Å². The molecule has 1 aliphatic carbocycles. The number of hydrogen-bond donors (Lipinski definition) is 2. The van der Waals surface area contributed by atoms with E-state index < -0.39 is 11.9 Å². The predicted octanol–water partition coefficient (Wildman–Crippen LogP) is 1.88. The fraction of sp³-hybridized carbons (Fsp3) is 0.818.